The van der Waals surface area contributed by atoms with Crippen molar-refractivity contribution in [1.82, 2.24) is 10.6 Å². The van der Waals surface area contributed by atoms with Crippen LogP contribution in [0.1, 0.15) is 21.5 Å². The Kier molecular flexibility index (Phi) is 7.79. The summed E-state index contributed by atoms with van der Waals surface area (Å²) in [7, 11) is 1.62. The second-order valence-electron chi connectivity index (χ2n) is 5.97. The fraction of sp³-hybridized carbons (Fsp3) is 0.300. The van der Waals surface area contributed by atoms with Crippen molar-refractivity contribution in [1.29, 1.82) is 0 Å². The molecule has 0 heterocycles. The third-order valence-corrected chi connectivity index (χ3v) is 3.76. The molecule has 0 aliphatic rings. The van der Waals surface area contributed by atoms with E-state index in [0.717, 1.165) is 11.1 Å². The predicted octanol–water partition coefficient (Wildman–Crippen LogP) is 2.10. The van der Waals surface area contributed by atoms with Gasteiger partial charge in [0.1, 0.15) is 0 Å². The van der Waals surface area contributed by atoms with Crippen LogP contribution >= 0.6 is 0 Å². The maximum atomic E-state index is 12.3. The van der Waals surface area contributed by atoms with Gasteiger partial charge in [-0.05, 0) is 36.8 Å². The Morgan fingerprint density at radius 1 is 1.08 bits per heavy atom. The van der Waals surface area contributed by atoms with Crippen molar-refractivity contribution >= 4 is 17.5 Å². The van der Waals surface area contributed by atoms with Crippen molar-refractivity contribution < 1.29 is 14.3 Å². The van der Waals surface area contributed by atoms with Gasteiger partial charge in [0.2, 0.25) is 5.91 Å². The van der Waals surface area contributed by atoms with E-state index in [1.807, 2.05) is 43.3 Å². The lowest BCUT2D eigenvalue weighted by molar-refractivity contribution is -0.120. The van der Waals surface area contributed by atoms with Gasteiger partial charge in [-0.25, -0.2) is 0 Å². The van der Waals surface area contributed by atoms with Crippen LogP contribution in [0.15, 0.2) is 48.5 Å². The molecule has 0 saturated heterocycles. The predicted molar refractivity (Wildman–Crippen MR) is 102 cm³/mol. The molecule has 2 aromatic carbocycles. The molecule has 0 aromatic heterocycles. The first kappa shape index (κ1) is 19.6. The molecule has 0 spiro atoms. The van der Waals surface area contributed by atoms with Gasteiger partial charge in [-0.3, -0.25) is 9.59 Å². The van der Waals surface area contributed by atoms with Gasteiger partial charge in [0, 0.05) is 31.5 Å². The van der Waals surface area contributed by atoms with Crippen molar-refractivity contribution in [2.45, 2.75) is 13.5 Å². The standard InChI is InChI=1S/C20H25N3O3/c1-15-6-8-17(9-7-15)20(25)23-18-5-3-4-16(12-18)13-22-19(24)14-21-10-11-26-2/h3-9,12,21H,10-11,13-14H2,1-2H3,(H,22,24)(H,23,25). The highest BCUT2D eigenvalue weighted by atomic mass is 16.5. The smallest absolute Gasteiger partial charge is 0.255 e. The highest BCUT2D eigenvalue weighted by molar-refractivity contribution is 6.04. The monoisotopic (exact) mass is 355 g/mol. The summed E-state index contributed by atoms with van der Waals surface area (Å²) in [4.78, 5) is 24.0. The first-order valence-corrected chi connectivity index (χ1v) is 8.52. The van der Waals surface area contributed by atoms with Crippen molar-refractivity contribution in [2.75, 3.05) is 32.1 Å². The Morgan fingerprint density at radius 3 is 2.58 bits per heavy atom. The quantitative estimate of drug-likeness (QED) is 0.602. The Hall–Kier alpha value is -2.70. The van der Waals surface area contributed by atoms with Gasteiger partial charge < -0.3 is 20.7 Å². The van der Waals surface area contributed by atoms with Crippen LogP contribution in [-0.4, -0.2) is 38.6 Å². The molecule has 0 aliphatic heterocycles. The van der Waals surface area contributed by atoms with Crippen molar-refractivity contribution in [3.8, 4) is 0 Å². The lowest BCUT2D eigenvalue weighted by Crippen LogP contribution is -2.34. The van der Waals surface area contributed by atoms with Crippen LogP contribution in [0.25, 0.3) is 0 Å². The number of amides is 2. The Balaban J connectivity index is 1.84. The van der Waals surface area contributed by atoms with Gasteiger partial charge in [0.05, 0.1) is 13.2 Å². The van der Waals surface area contributed by atoms with Gasteiger partial charge in [-0.2, -0.15) is 0 Å². The van der Waals surface area contributed by atoms with Crippen LogP contribution in [0.5, 0.6) is 0 Å². The molecule has 2 aromatic rings. The first-order valence-electron chi connectivity index (χ1n) is 8.52. The number of rotatable bonds is 9. The summed E-state index contributed by atoms with van der Waals surface area (Å²) < 4.78 is 4.91. The molecule has 26 heavy (non-hydrogen) atoms. The largest absolute Gasteiger partial charge is 0.383 e. The molecule has 0 bridgehead atoms. The number of hydrogen-bond acceptors (Lipinski definition) is 4. The van der Waals surface area contributed by atoms with Crippen molar-refractivity contribution in [2.24, 2.45) is 0 Å². The van der Waals surface area contributed by atoms with E-state index in [-0.39, 0.29) is 18.4 Å². The van der Waals surface area contributed by atoms with Crippen LogP contribution in [0.3, 0.4) is 0 Å². The molecule has 0 atom stereocenters. The maximum Gasteiger partial charge on any atom is 0.255 e. The van der Waals surface area contributed by atoms with Gasteiger partial charge in [-0.1, -0.05) is 29.8 Å². The highest BCUT2D eigenvalue weighted by Gasteiger charge is 2.06. The topological polar surface area (TPSA) is 79.5 Å². The van der Waals surface area contributed by atoms with Crippen LogP contribution in [0.2, 0.25) is 0 Å². The van der Waals surface area contributed by atoms with Crippen molar-refractivity contribution in [3.63, 3.8) is 0 Å². The third kappa shape index (κ3) is 6.66. The minimum Gasteiger partial charge on any atom is -0.383 e. The number of aryl methyl sites for hydroxylation is 1. The van der Waals surface area contributed by atoms with Gasteiger partial charge in [0.15, 0.2) is 0 Å². The minimum atomic E-state index is -0.159. The molecule has 6 nitrogen and oxygen atoms in total. The molecule has 138 valence electrons. The van der Waals surface area contributed by atoms with E-state index < -0.39 is 0 Å². The minimum absolute atomic E-state index is 0.0878. The van der Waals surface area contributed by atoms with E-state index in [2.05, 4.69) is 16.0 Å². The molecule has 0 unspecified atom stereocenters. The van der Waals surface area contributed by atoms with E-state index in [1.54, 1.807) is 19.2 Å². The maximum absolute atomic E-state index is 12.3. The molecule has 0 radical (unpaired) electrons. The third-order valence-electron chi connectivity index (χ3n) is 3.76. The molecule has 0 fully saturated rings. The summed E-state index contributed by atoms with van der Waals surface area (Å²) in [5.41, 5.74) is 3.32. The molecule has 6 heteroatoms. The number of nitrogens with one attached hydrogen (secondary N) is 3. The van der Waals surface area contributed by atoms with Gasteiger partial charge >= 0.3 is 0 Å². The highest BCUT2D eigenvalue weighted by Crippen LogP contribution is 2.13. The zero-order valence-corrected chi connectivity index (χ0v) is 15.2. The number of anilines is 1. The average molecular weight is 355 g/mol. The summed E-state index contributed by atoms with van der Waals surface area (Å²) in [6, 6.07) is 14.8. The van der Waals surface area contributed by atoms with E-state index in [9.17, 15) is 9.59 Å². The number of methoxy groups -OCH3 is 1. The van der Waals surface area contributed by atoms with Crippen LogP contribution in [-0.2, 0) is 16.1 Å². The van der Waals surface area contributed by atoms with E-state index in [1.165, 1.54) is 0 Å². The van der Waals surface area contributed by atoms with E-state index in [4.69, 9.17) is 4.74 Å². The fourth-order valence-electron chi connectivity index (χ4n) is 2.31. The number of ether oxygens (including phenoxy) is 1. The first-order chi connectivity index (χ1) is 12.6. The molecule has 0 saturated carbocycles. The summed E-state index contributed by atoms with van der Waals surface area (Å²) in [6.45, 7) is 3.82. The summed E-state index contributed by atoms with van der Waals surface area (Å²) >= 11 is 0. The fourth-order valence-corrected chi connectivity index (χ4v) is 2.31. The molecule has 2 rings (SSSR count). The normalized spacial score (nSPS) is 10.4. The molecule has 3 N–H and O–H groups in total. The van der Waals surface area contributed by atoms with Crippen LogP contribution in [0, 0.1) is 6.92 Å². The zero-order chi connectivity index (χ0) is 18.8. The molecular weight excluding hydrogens is 330 g/mol. The number of carbonyl (C=O) groups excluding carboxylic acids is 2. The van der Waals surface area contributed by atoms with Crippen molar-refractivity contribution in [3.05, 3.63) is 65.2 Å². The average Bonchev–Trinajstić information content (AvgIpc) is 2.64. The van der Waals surface area contributed by atoms with E-state index >= 15 is 0 Å². The Morgan fingerprint density at radius 2 is 1.85 bits per heavy atom. The second kappa shape index (κ2) is 10.3. The van der Waals surface area contributed by atoms with Gasteiger partial charge in [-0.15, -0.1) is 0 Å². The number of benzene rings is 2. The van der Waals surface area contributed by atoms with E-state index in [0.29, 0.717) is 30.9 Å². The van der Waals surface area contributed by atoms with Gasteiger partial charge in [0.25, 0.3) is 5.91 Å². The lowest BCUT2D eigenvalue weighted by Gasteiger charge is -2.09. The lowest BCUT2D eigenvalue weighted by atomic mass is 10.1. The van der Waals surface area contributed by atoms with Crippen LogP contribution in [0.4, 0.5) is 5.69 Å². The molecular formula is C20H25N3O3. The summed E-state index contributed by atoms with van der Waals surface area (Å²) in [5, 5.41) is 8.70. The number of carbonyl (C=O) groups is 2. The second-order valence-corrected chi connectivity index (χ2v) is 5.97. The Bertz CT molecular complexity index is 729. The summed E-state index contributed by atoms with van der Waals surface area (Å²) in [5.74, 6) is -0.247. The Labute approximate surface area is 153 Å². The number of hydrogen-bond donors (Lipinski definition) is 3. The SMILES string of the molecule is COCCNCC(=O)NCc1cccc(NC(=O)c2ccc(C)cc2)c1. The summed E-state index contributed by atoms with van der Waals surface area (Å²) in [6.07, 6.45) is 0. The van der Waals surface area contributed by atoms with Crippen LogP contribution < -0.4 is 16.0 Å². The molecule has 0 aliphatic carbocycles. The zero-order valence-electron chi connectivity index (χ0n) is 15.2. The molecule has 2 amide bonds.